The third-order valence-electron chi connectivity index (χ3n) is 2.74. The fourth-order valence-corrected chi connectivity index (χ4v) is 3.41. The molecule has 1 aromatic rings. The number of hydrogen-bond donors (Lipinski definition) is 0. The van der Waals surface area contributed by atoms with E-state index in [2.05, 4.69) is 16.9 Å². The number of hydrogen-bond acceptors (Lipinski definition) is 3. The zero-order valence-corrected chi connectivity index (χ0v) is 11.2. The summed E-state index contributed by atoms with van der Waals surface area (Å²) in [5.41, 5.74) is 1.09. The van der Waals surface area contributed by atoms with Crippen molar-refractivity contribution in [2.24, 2.45) is 0 Å². The summed E-state index contributed by atoms with van der Waals surface area (Å²) in [5.74, 6) is 2.17. The Kier molecular flexibility index (Phi) is 4.47. The van der Waals surface area contributed by atoms with Gasteiger partial charge in [-0.15, -0.1) is 0 Å². The Morgan fingerprint density at radius 1 is 1.44 bits per heavy atom. The average molecular weight is 257 g/mol. The third kappa shape index (κ3) is 3.11. The van der Waals surface area contributed by atoms with E-state index in [0.717, 1.165) is 24.4 Å². The highest BCUT2D eigenvalue weighted by molar-refractivity contribution is 7.99. The lowest BCUT2D eigenvalue weighted by atomic mass is 10.1. The third-order valence-corrected chi connectivity index (χ3v) is 4.31. The van der Waals surface area contributed by atoms with E-state index in [-0.39, 0.29) is 0 Å². The Balaban J connectivity index is 2.18. The van der Waals surface area contributed by atoms with Gasteiger partial charge >= 0.3 is 0 Å². The molecule has 0 amide bonds. The minimum absolute atomic E-state index is 0.461. The second-order valence-corrected chi connectivity index (χ2v) is 5.84. The zero-order valence-electron chi connectivity index (χ0n) is 9.58. The molecule has 88 valence electrons. The van der Waals surface area contributed by atoms with Crippen LogP contribution in [-0.2, 0) is 6.42 Å². The van der Waals surface area contributed by atoms with Crippen molar-refractivity contribution in [3.05, 3.63) is 22.7 Å². The monoisotopic (exact) mass is 256 g/mol. The number of thioether (sulfide) groups is 1. The van der Waals surface area contributed by atoms with Crippen molar-refractivity contribution in [2.45, 2.75) is 44.3 Å². The first kappa shape index (κ1) is 12.2. The highest BCUT2D eigenvalue weighted by Crippen LogP contribution is 2.36. The summed E-state index contributed by atoms with van der Waals surface area (Å²) in [6, 6.07) is 1.89. The maximum absolute atomic E-state index is 6.04. The topological polar surface area (TPSA) is 25.8 Å². The van der Waals surface area contributed by atoms with E-state index in [1.165, 1.54) is 25.0 Å². The average Bonchev–Trinajstić information content (AvgIpc) is 2.30. The van der Waals surface area contributed by atoms with Crippen LogP contribution in [0, 0.1) is 0 Å². The lowest BCUT2D eigenvalue weighted by Gasteiger charge is -2.20. The van der Waals surface area contributed by atoms with E-state index in [9.17, 15) is 0 Å². The van der Waals surface area contributed by atoms with Gasteiger partial charge in [0.05, 0.1) is 5.25 Å². The van der Waals surface area contributed by atoms with E-state index >= 15 is 0 Å². The van der Waals surface area contributed by atoms with Gasteiger partial charge in [-0.1, -0.05) is 31.4 Å². The Hall–Kier alpha value is -0.280. The Bertz CT molecular complexity index is 351. The van der Waals surface area contributed by atoms with Gasteiger partial charge < -0.3 is 0 Å². The van der Waals surface area contributed by atoms with Gasteiger partial charge in [-0.3, -0.25) is 0 Å². The molecule has 1 fully saturated rings. The molecule has 0 aliphatic carbocycles. The summed E-state index contributed by atoms with van der Waals surface area (Å²) in [5, 5.41) is 1.06. The van der Waals surface area contributed by atoms with E-state index in [1.807, 2.05) is 17.8 Å². The molecule has 0 spiro atoms. The van der Waals surface area contributed by atoms with Crippen LogP contribution in [0.25, 0.3) is 0 Å². The Labute approximate surface area is 106 Å². The van der Waals surface area contributed by atoms with Gasteiger partial charge in [0.2, 0.25) is 0 Å². The van der Waals surface area contributed by atoms with Crippen LogP contribution in [-0.4, -0.2) is 15.7 Å². The molecule has 1 aliphatic rings. The molecule has 1 atom stereocenters. The molecule has 0 saturated carbocycles. The molecule has 2 nitrogen and oxygen atoms in total. The molecule has 0 bridgehead atoms. The normalized spacial score (nSPS) is 21.0. The highest BCUT2D eigenvalue weighted by Gasteiger charge is 2.19. The molecule has 4 heteroatoms. The highest BCUT2D eigenvalue weighted by atomic mass is 35.5. The van der Waals surface area contributed by atoms with E-state index < -0.39 is 0 Å². The molecule has 1 saturated heterocycles. The molecule has 0 N–H and O–H groups in total. The molecule has 0 aromatic carbocycles. The molecule has 2 rings (SSSR count). The largest absolute Gasteiger partial charge is 0.237 e. The fraction of sp³-hybridized carbons (Fsp3) is 0.667. The number of rotatable bonds is 3. The van der Waals surface area contributed by atoms with Crippen LogP contribution in [0.3, 0.4) is 0 Å². The van der Waals surface area contributed by atoms with Crippen LogP contribution < -0.4 is 0 Å². The SMILES string of the molecule is CCCc1cc(Cl)nc(C2CCCCS2)n1. The quantitative estimate of drug-likeness (QED) is 0.764. The van der Waals surface area contributed by atoms with Crippen LogP contribution >= 0.6 is 23.4 Å². The molecule has 1 aromatic heterocycles. The Morgan fingerprint density at radius 2 is 2.31 bits per heavy atom. The lowest BCUT2D eigenvalue weighted by Crippen LogP contribution is -2.08. The minimum Gasteiger partial charge on any atom is -0.237 e. The molecule has 1 unspecified atom stereocenters. The second-order valence-electron chi connectivity index (χ2n) is 4.15. The van der Waals surface area contributed by atoms with Crippen LogP contribution in [0.2, 0.25) is 5.15 Å². The molecule has 2 heterocycles. The van der Waals surface area contributed by atoms with Gasteiger partial charge in [0.25, 0.3) is 0 Å². The standard InChI is InChI=1S/C12H17ClN2S/c1-2-5-9-8-11(13)15-12(14-9)10-6-3-4-7-16-10/h8,10H,2-7H2,1H3. The first-order valence-electron chi connectivity index (χ1n) is 5.94. The van der Waals surface area contributed by atoms with Gasteiger partial charge in [0.15, 0.2) is 0 Å². The van der Waals surface area contributed by atoms with Crippen molar-refractivity contribution in [3.8, 4) is 0 Å². The molecule has 16 heavy (non-hydrogen) atoms. The first-order chi connectivity index (χ1) is 7.79. The fourth-order valence-electron chi connectivity index (χ4n) is 1.96. The molecular formula is C12H17ClN2S. The van der Waals surface area contributed by atoms with Crippen LogP contribution in [0.5, 0.6) is 0 Å². The number of aromatic nitrogens is 2. The van der Waals surface area contributed by atoms with Crippen molar-refractivity contribution < 1.29 is 0 Å². The van der Waals surface area contributed by atoms with Crippen molar-refractivity contribution >= 4 is 23.4 Å². The summed E-state index contributed by atoms with van der Waals surface area (Å²) in [6.45, 7) is 2.16. The minimum atomic E-state index is 0.461. The van der Waals surface area contributed by atoms with Gasteiger partial charge in [0, 0.05) is 5.69 Å². The van der Waals surface area contributed by atoms with Crippen molar-refractivity contribution in [2.75, 3.05) is 5.75 Å². The van der Waals surface area contributed by atoms with Crippen molar-refractivity contribution in [1.29, 1.82) is 0 Å². The summed E-state index contributed by atoms with van der Waals surface area (Å²) < 4.78 is 0. The molecule has 0 radical (unpaired) electrons. The Morgan fingerprint density at radius 3 is 3.00 bits per heavy atom. The van der Waals surface area contributed by atoms with Gasteiger partial charge in [-0.25, -0.2) is 9.97 Å². The zero-order chi connectivity index (χ0) is 11.4. The van der Waals surface area contributed by atoms with Crippen LogP contribution in [0.15, 0.2) is 6.07 Å². The summed E-state index contributed by atoms with van der Waals surface area (Å²) in [4.78, 5) is 9.00. The number of nitrogens with zero attached hydrogens (tertiary/aromatic N) is 2. The van der Waals surface area contributed by atoms with Crippen molar-refractivity contribution in [1.82, 2.24) is 9.97 Å². The maximum Gasteiger partial charge on any atom is 0.143 e. The smallest absolute Gasteiger partial charge is 0.143 e. The van der Waals surface area contributed by atoms with Crippen molar-refractivity contribution in [3.63, 3.8) is 0 Å². The maximum atomic E-state index is 6.04. The van der Waals surface area contributed by atoms with Crippen LogP contribution in [0.4, 0.5) is 0 Å². The van der Waals surface area contributed by atoms with Gasteiger partial charge in [-0.05, 0) is 31.1 Å². The predicted molar refractivity (Wildman–Crippen MR) is 70.1 cm³/mol. The summed E-state index contributed by atoms with van der Waals surface area (Å²) in [7, 11) is 0. The second kappa shape index (κ2) is 5.87. The molecular weight excluding hydrogens is 240 g/mol. The summed E-state index contributed by atoms with van der Waals surface area (Å²) >= 11 is 8.01. The predicted octanol–water partition coefficient (Wildman–Crippen LogP) is 4.04. The first-order valence-corrected chi connectivity index (χ1v) is 7.37. The van der Waals surface area contributed by atoms with E-state index in [4.69, 9.17) is 11.6 Å². The number of halogens is 1. The van der Waals surface area contributed by atoms with E-state index in [0.29, 0.717) is 10.4 Å². The van der Waals surface area contributed by atoms with Gasteiger partial charge in [0.1, 0.15) is 11.0 Å². The summed E-state index contributed by atoms with van der Waals surface area (Å²) in [6.07, 6.45) is 5.90. The van der Waals surface area contributed by atoms with Gasteiger partial charge in [-0.2, -0.15) is 11.8 Å². The van der Waals surface area contributed by atoms with E-state index in [1.54, 1.807) is 0 Å². The lowest BCUT2D eigenvalue weighted by molar-refractivity contribution is 0.657. The van der Waals surface area contributed by atoms with Crippen LogP contribution in [0.1, 0.15) is 49.4 Å². The number of aryl methyl sites for hydroxylation is 1. The molecule has 1 aliphatic heterocycles.